The lowest BCUT2D eigenvalue weighted by atomic mass is 10.1. The SMILES string of the molecule is CCC(=Nc1ccc(N(CC(C)NC)C(C)=O)cc1)c1c(O)[nH]c2cc(OC)c(OC)cc12. The van der Waals surface area contributed by atoms with Crippen LogP contribution in [0, 0.1) is 0 Å². The van der Waals surface area contributed by atoms with Crippen molar-refractivity contribution in [2.75, 3.05) is 32.7 Å². The Kier molecular flexibility index (Phi) is 7.60. The van der Waals surface area contributed by atoms with E-state index in [0.717, 1.165) is 28.0 Å². The van der Waals surface area contributed by atoms with Crippen LogP contribution in [0.3, 0.4) is 0 Å². The average molecular weight is 453 g/mol. The van der Waals surface area contributed by atoms with Crippen molar-refractivity contribution in [2.24, 2.45) is 4.99 Å². The van der Waals surface area contributed by atoms with Gasteiger partial charge in [-0.15, -0.1) is 0 Å². The van der Waals surface area contributed by atoms with Crippen LogP contribution in [0.2, 0.25) is 0 Å². The number of methoxy groups -OCH3 is 2. The summed E-state index contributed by atoms with van der Waals surface area (Å²) in [5.41, 5.74) is 3.63. The predicted octanol–water partition coefficient (Wildman–Crippen LogP) is 4.38. The Bertz CT molecular complexity index is 1150. The number of aromatic hydroxyl groups is 1. The highest BCUT2D eigenvalue weighted by atomic mass is 16.5. The van der Waals surface area contributed by atoms with Gasteiger partial charge in [0, 0.05) is 36.7 Å². The first-order chi connectivity index (χ1) is 15.8. The zero-order valence-electron chi connectivity index (χ0n) is 20.0. The number of aromatic amines is 1. The summed E-state index contributed by atoms with van der Waals surface area (Å²) in [5.74, 6) is 1.17. The molecule has 0 saturated heterocycles. The molecule has 1 amide bonds. The second kappa shape index (κ2) is 10.4. The van der Waals surface area contributed by atoms with E-state index in [2.05, 4.69) is 10.3 Å². The fraction of sp³-hybridized carbons (Fsp3) is 0.360. The van der Waals surface area contributed by atoms with Gasteiger partial charge in [0.25, 0.3) is 0 Å². The molecule has 0 aliphatic heterocycles. The van der Waals surface area contributed by atoms with Crippen molar-refractivity contribution in [3.05, 3.63) is 42.0 Å². The Morgan fingerprint density at radius 3 is 2.36 bits per heavy atom. The maximum Gasteiger partial charge on any atom is 0.223 e. The number of likely N-dealkylation sites (N-methyl/N-ethyl adjacent to an activating group) is 1. The number of aromatic nitrogens is 1. The molecule has 1 aromatic heterocycles. The fourth-order valence-corrected chi connectivity index (χ4v) is 3.75. The van der Waals surface area contributed by atoms with Gasteiger partial charge < -0.3 is 29.8 Å². The monoisotopic (exact) mass is 452 g/mol. The number of benzene rings is 2. The van der Waals surface area contributed by atoms with Crippen LogP contribution in [0.5, 0.6) is 17.4 Å². The molecule has 0 bridgehead atoms. The van der Waals surface area contributed by atoms with Crippen LogP contribution in [0.15, 0.2) is 41.4 Å². The highest BCUT2D eigenvalue weighted by Crippen LogP contribution is 2.37. The lowest BCUT2D eigenvalue weighted by Gasteiger charge is -2.24. The van der Waals surface area contributed by atoms with E-state index in [-0.39, 0.29) is 17.8 Å². The van der Waals surface area contributed by atoms with Gasteiger partial charge >= 0.3 is 0 Å². The summed E-state index contributed by atoms with van der Waals surface area (Å²) < 4.78 is 10.8. The number of hydrogen-bond donors (Lipinski definition) is 3. The van der Waals surface area contributed by atoms with E-state index in [0.29, 0.717) is 30.0 Å². The van der Waals surface area contributed by atoms with Gasteiger partial charge in [0.05, 0.1) is 36.7 Å². The van der Waals surface area contributed by atoms with Crippen molar-refractivity contribution >= 4 is 33.9 Å². The summed E-state index contributed by atoms with van der Waals surface area (Å²) in [5, 5.41) is 14.6. The Balaban J connectivity index is 1.99. The highest BCUT2D eigenvalue weighted by Gasteiger charge is 2.19. The summed E-state index contributed by atoms with van der Waals surface area (Å²) in [7, 11) is 5.02. The number of amides is 1. The molecule has 1 heterocycles. The molecule has 3 N–H and O–H groups in total. The fourth-order valence-electron chi connectivity index (χ4n) is 3.75. The Morgan fingerprint density at radius 2 is 1.82 bits per heavy atom. The molecular formula is C25H32N4O4. The number of carbonyl (C=O) groups excluding carboxylic acids is 1. The van der Waals surface area contributed by atoms with Crippen LogP contribution in [0.25, 0.3) is 10.9 Å². The molecule has 8 heteroatoms. The summed E-state index contributed by atoms with van der Waals surface area (Å²) in [6, 6.07) is 11.3. The molecule has 3 aromatic rings. The van der Waals surface area contributed by atoms with Gasteiger partial charge in [0.15, 0.2) is 17.4 Å². The Morgan fingerprint density at radius 1 is 1.18 bits per heavy atom. The summed E-state index contributed by atoms with van der Waals surface area (Å²) in [4.78, 5) is 21.7. The number of nitrogens with zero attached hydrogens (tertiary/aromatic N) is 2. The normalized spacial score (nSPS) is 12.6. The summed E-state index contributed by atoms with van der Waals surface area (Å²) in [6.45, 7) is 6.15. The first kappa shape index (κ1) is 24.1. The third-order valence-electron chi connectivity index (χ3n) is 5.66. The molecule has 2 aromatic carbocycles. The van der Waals surface area contributed by atoms with Gasteiger partial charge in [-0.1, -0.05) is 6.92 Å². The molecule has 176 valence electrons. The molecule has 3 rings (SSSR count). The van der Waals surface area contributed by atoms with E-state index in [1.807, 2.05) is 51.2 Å². The van der Waals surface area contributed by atoms with Gasteiger partial charge in [-0.2, -0.15) is 0 Å². The lowest BCUT2D eigenvalue weighted by molar-refractivity contribution is -0.116. The van der Waals surface area contributed by atoms with E-state index < -0.39 is 0 Å². The van der Waals surface area contributed by atoms with Gasteiger partial charge in [-0.05, 0) is 50.7 Å². The average Bonchev–Trinajstić information content (AvgIpc) is 3.14. The molecule has 8 nitrogen and oxygen atoms in total. The minimum atomic E-state index is -0.0179. The van der Waals surface area contributed by atoms with Crippen LogP contribution in [-0.2, 0) is 4.79 Å². The van der Waals surface area contributed by atoms with E-state index in [9.17, 15) is 9.90 Å². The first-order valence-electron chi connectivity index (χ1n) is 10.9. The number of rotatable bonds is 9. The van der Waals surface area contributed by atoms with Crippen LogP contribution in [0.4, 0.5) is 11.4 Å². The van der Waals surface area contributed by atoms with Gasteiger partial charge in [0.1, 0.15) is 0 Å². The molecule has 1 atom stereocenters. The molecule has 0 radical (unpaired) electrons. The number of fused-ring (bicyclic) bond motifs is 1. The van der Waals surface area contributed by atoms with E-state index in [4.69, 9.17) is 14.5 Å². The largest absolute Gasteiger partial charge is 0.494 e. The second-order valence-electron chi connectivity index (χ2n) is 7.85. The summed E-state index contributed by atoms with van der Waals surface area (Å²) in [6.07, 6.45) is 0.607. The third-order valence-corrected chi connectivity index (χ3v) is 5.66. The Hall–Kier alpha value is -3.52. The maximum absolute atomic E-state index is 12.1. The maximum atomic E-state index is 12.1. The number of aliphatic imine (C=N–C) groups is 1. The standard InChI is InChI=1S/C25H32N4O4/c1-7-20(24-19-12-22(32-5)23(33-6)13-21(19)28-25(24)31)27-17-8-10-18(11-9-17)29(16(3)30)14-15(2)26-4/h8-13,15,26,28,31H,7,14H2,1-6H3. The van der Waals surface area contributed by atoms with Crippen molar-refractivity contribution in [2.45, 2.75) is 33.2 Å². The molecular weight excluding hydrogens is 420 g/mol. The van der Waals surface area contributed by atoms with Crippen molar-refractivity contribution in [1.82, 2.24) is 10.3 Å². The van der Waals surface area contributed by atoms with Gasteiger partial charge in [0.2, 0.25) is 5.91 Å². The number of ether oxygens (including phenoxy) is 2. The predicted molar refractivity (Wildman–Crippen MR) is 133 cm³/mol. The topological polar surface area (TPSA) is 99.2 Å². The van der Waals surface area contributed by atoms with Crippen molar-refractivity contribution in [3.8, 4) is 17.4 Å². The van der Waals surface area contributed by atoms with Gasteiger partial charge in [-0.3, -0.25) is 9.79 Å². The van der Waals surface area contributed by atoms with Crippen LogP contribution >= 0.6 is 0 Å². The zero-order chi connectivity index (χ0) is 24.1. The van der Waals surface area contributed by atoms with E-state index >= 15 is 0 Å². The number of nitrogens with one attached hydrogen (secondary N) is 2. The third kappa shape index (κ3) is 5.12. The number of H-pyrrole nitrogens is 1. The number of hydrogen-bond acceptors (Lipinski definition) is 6. The molecule has 0 aliphatic rings. The van der Waals surface area contributed by atoms with Crippen LogP contribution in [0.1, 0.15) is 32.8 Å². The van der Waals surface area contributed by atoms with E-state index in [1.165, 1.54) is 0 Å². The smallest absolute Gasteiger partial charge is 0.223 e. The Labute approximate surface area is 194 Å². The number of carbonyl (C=O) groups is 1. The van der Waals surface area contributed by atoms with Crippen LogP contribution < -0.4 is 19.7 Å². The quantitative estimate of drug-likeness (QED) is 0.419. The molecule has 0 fully saturated rings. The van der Waals surface area contributed by atoms with Gasteiger partial charge in [-0.25, -0.2) is 0 Å². The zero-order valence-corrected chi connectivity index (χ0v) is 20.0. The van der Waals surface area contributed by atoms with Crippen molar-refractivity contribution in [1.29, 1.82) is 0 Å². The van der Waals surface area contributed by atoms with Crippen molar-refractivity contribution < 1.29 is 19.4 Å². The molecule has 33 heavy (non-hydrogen) atoms. The molecule has 0 saturated carbocycles. The minimum absolute atomic E-state index is 0.0179. The lowest BCUT2D eigenvalue weighted by Crippen LogP contribution is -2.40. The first-order valence-corrected chi connectivity index (χ1v) is 10.9. The highest BCUT2D eigenvalue weighted by molar-refractivity contribution is 6.14. The van der Waals surface area contributed by atoms with E-state index in [1.54, 1.807) is 32.1 Å². The van der Waals surface area contributed by atoms with Crippen molar-refractivity contribution in [3.63, 3.8) is 0 Å². The second-order valence-corrected chi connectivity index (χ2v) is 7.85. The van der Waals surface area contributed by atoms with Crippen LogP contribution in [-0.4, -0.2) is 55.6 Å². The molecule has 1 unspecified atom stereocenters. The summed E-state index contributed by atoms with van der Waals surface area (Å²) >= 11 is 0. The number of anilines is 1. The molecule has 0 aliphatic carbocycles. The minimum Gasteiger partial charge on any atom is -0.494 e. The molecule has 0 spiro atoms.